The summed E-state index contributed by atoms with van der Waals surface area (Å²) in [6.07, 6.45) is 2.24. The Morgan fingerprint density at radius 2 is 1.47 bits per heavy atom. The molecule has 0 radical (unpaired) electrons. The summed E-state index contributed by atoms with van der Waals surface area (Å²) in [6, 6.07) is 8.16. The van der Waals surface area contributed by atoms with E-state index in [1.165, 1.54) is 5.56 Å². The molecule has 1 nitrogen and oxygen atoms in total. The van der Waals surface area contributed by atoms with E-state index < -0.39 is 0 Å². The van der Waals surface area contributed by atoms with Crippen LogP contribution in [0.3, 0.4) is 0 Å². The summed E-state index contributed by atoms with van der Waals surface area (Å²) in [7, 11) is 0. The van der Waals surface area contributed by atoms with Crippen molar-refractivity contribution in [3.8, 4) is 0 Å². The number of carbonyl (C=O) groups is 1. The highest BCUT2D eigenvalue weighted by Crippen LogP contribution is 2.05. The lowest BCUT2D eigenvalue weighted by atomic mass is 10.1. The number of carbonyl (C=O) groups excluding carboxylic acids is 1. The third-order valence-corrected chi connectivity index (χ3v) is 2.05. The molecule has 98 valence electrons. The fourth-order valence-corrected chi connectivity index (χ4v) is 1.30. The van der Waals surface area contributed by atoms with E-state index in [0.717, 1.165) is 12.0 Å². The molecular formula is C16H28O. The number of rotatable bonds is 4. The lowest BCUT2D eigenvalue weighted by molar-refractivity contribution is -0.118. The molecule has 0 aliphatic heterocycles. The highest BCUT2D eigenvalue weighted by Gasteiger charge is 2.01. The van der Waals surface area contributed by atoms with Crippen LogP contribution in [-0.2, 0) is 11.2 Å². The molecule has 0 bridgehead atoms. The van der Waals surface area contributed by atoms with Crippen LogP contribution in [0, 0.1) is 6.92 Å². The molecule has 0 heterocycles. The molecule has 0 N–H and O–H groups in total. The molecule has 1 heteroatoms. The summed E-state index contributed by atoms with van der Waals surface area (Å²) in [5.41, 5.74) is 2.37. The third-order valence-electron chi connectivity index (χ3n) is 2.05. The normalized spacial score (nSPS) is 8.35. The van der Waals surface area contributed by atoms with Crippen molar-refractivity contribution in [1.82, 2.24) is 0 Å². The average molecular weight is 236 g/mol. The minimum atomic E-state index is 0.339. The molecule has 0 fully saturated rings. The predicted molar refractivity (Wildman–Crippen MR) is 77.5 cm³/mol. The topological polar surface area (TPSA) is 17.1 Å². The largest absolute Gasteiger partial charge is 0.299 e. The van der Waals surface area contributed by atoms with E-state index in [1.54, 1.807) is 0 Å². The van der Waals surface area contributed by atoms with Crippen LogP contribution in [0.2, 0.25) is 0 Å². The minimum Gasteiger partial charge on any atom is -0.299 e. The van der Waals surface area contributed by atoms with Crippen molar-refractivity contribution < 1.29 is 4.79 Å². The van der Waals surface area contributed by atoms with Gasteiger partial charge in [-0.25, -0.2) is 0 Å². The first-order chi connectivity index (χ1) is 8.22. The predicted octanol–water partition coefficient (Wildman–Crippen LogP) is 4.96. The number of benzene rings is 1. The zero-order valence-electron chi connectivity index (χ0n) is 12.3. The highest BCUT2D eigenvalue weighted by molar-refractivity contribution is 5.80. The van der Waals surface area contributed by atoms with E-state index in [2.05, 4.69) is 19.1 Å². The van der Waals surface area contributed by atoms with Crippen LogP contribution in [0.4, 0.5) is 0 Å². The van der Waals surface area contributed by atoms with Gasteiger partial charge in [-0.1, -0.05) is 64.4 Å². The molecule has 0 aliphatic rings. The fourth-order valence-electron chi connectivity index (χ4n) is 1.30. The molecule has 0 aromatic heterocycles. The molecule has 0 atom stereocenters. The molecule has 1 aromatic carbocycles. The molecular weight excluding hydrogens is 208 g/mol. The van der Waals surface area contributed by atoms with Gasteiger partial charge in [-0.2, -0.15) is 0 Å². The van der Waals surface area contributed by atoms with E-state index in [4.69, 9.17) is 0 Å². The van der Waals surface area contributed by atoms with Gasteiger partial charge in [0.2, 0.25) is 0 Å². The number of Topliss-reactive ketones (excluding diaryl/α,β-unsaturated/α-hetero) is 1. The standard InChI is InChI=1S/C12H16O.2C2H6/c1-3-4-12(13)9-11-7-5-10(2)6-8-11;2*1-2/h5-8H,3-4,9H2,1-2H3;2*1-2H3. The maximum Gasteiger partial charge on any atom is 0.137 e. The van der Waals surface area contributed by atoms with Gasteiger partial charge in [-0.3, -0.25) is 4.79 Å². The summed E-state index contributed by atoms with van der Waals surface area (Å²) < 4.78 is 0. The Bertz CT molecular complexity index is 272. The van der Waals surface area contributed by atoms with Crippen LogP contribution in [0.1, 0.15) is 58.6 Å². The molecule has 17 heavy (non-hydrogen) atoms. The molecule has 0 amide bonds. The van der Waals surface area contributed by atoms with Gasteiger partial charge in [0.05, 0.1) is 0 Å². The summed E-state index contributed by atoms with van der Waals surface area (Å²) in [5.74, 6) is 0.339. The fraction of sp³-hybridized carbons (Fsp3) is 0.562. The minimum absolute atomic E-state index is 0.339. The first kappa shape index (κ1) is 18.3. The number of hydrogen-bond donors (Lipinski definition) is 0. The molecule has 0 saturated heterocycles. The van der Waals surface area contributed by atoms with E-state index in [9.17, 15) is 4.79 Å². The monoisotopic (exact) mass is 236 g/mol. The summed E-state index contributed by atoms with van der Waals surface area (Å²) in [6.45, 7) is 12.1. The van der Waals surface area contributed by atoms with Crippen LogP contribution in [0.15, 0.2) is 24.3 Å². The van der Waals surface area contributed by atoms with Crippen molar-refractivity contribution in [1.29, 1.82) is 0 Å². The Balaban J connectivity index is 0. The van der Waals surface area contributed by atoms with Crippen molar-refractivity contribution >= 4 is 5.78 Å². The zero-order valence-corrected chi connectivity index (χ0v) is 12.3. The van der Waals surface area contributed by atoms with Crippen molar-refractivity contribution in [3.63, 3.8) is 0 Å². The molecule has 1 rings (SSSR count). The lowest BCUT2D eigenvalue weighted by Crippen LogP contribution is -2.01. The first-order valence-corrected chi connectivity index (χ1v) is 6.79. The van der Waals surface area contributed by atoms with Gasteiger partial charge in [-0.15, -0.1) is 0 Å². The van der Waals surface area contributed by atoms with E-state index in [0.29, 0.717) is 18.6 Å². The summed E-state index contributed by atoms with van der Waals surface area (Å²) >= 11 is 0. The van der Waals surface area contributed by atoms with E-state index in [-0.39, 0.29) is 0 Å². The summed E-state index contributed by atoms with van der Waals surface area (Å²) in [4.78, 5) is 11.3. The molecule has 0 aliphatic carbocycles. The highest BCUT2D eigenvalue weighted by atomic mass is 16.1. The van der Waals surface area contributed by atoms with Crippen molar-refractivity contribution in [2.24, 2.45) is 0 Å². The Morgan fingerprint density at radius 1 is 1.00 bits per heavy atom. The second-order valence-corrected chi connectivity index (χ2v) is 3.45. The third kappa shape index (κ3) is 9.80. The van der Waals surface area contributed by atoms with Gasteiger partial charge < -0.3 is 0 Å². The number of ketones is 1. The van der Waals surface area contributed by atoms with Crippen molar-refractivity contribution in [2.45, 2.75) is 60.8 Å². The van der Waals surface area contributed by atoms with Gasteiger partial charge in [0, 0.05) is 12.8 Å². The van der Waals surface area contributed by atoms with Crippen LogP contribution in [0.5, 0.6) is 0 Å². The number of aryl methyl sites for hydroxylation is 1. The van der Waals surface area contributed by atoms with Crippen LogP contribution in [0.25, 0.3) is 0 Å². The molecule has 0 spiro atoms. The Hall–Kier alpha value is -1.11. The zero-order chi connectivity index (χ0) is 13.7. The van der Waals surface area contributed by atoms with Gasteiger partial charge in [0.1, 0.15) is 5.78 Å². The summed E-state index contributed by atoms with van der Waals surface area (Å²) in [5, 5.41) is 0. The Labute approximate surface area is 107 Å². The number of hydrogen-bond acceptors (Lipinski definition) is 1. The average Bonchev–Trinajstić information content (AvgIpc) is 2.37. The SMILES string of the molecule is CC.CC.CCCC(=O)Cc1ccc(C)cc1. The second kappa shape index (κ2) is 13.0. The molecule has 0 saturated carbocycles. The molecule has 0 unspecified atom stereocenters. The van der Waals surface area contributed by atoms with Crippen LogP contribution in [-0.4, -0.2) is 5.78 Å². The smallest absolute Gasteiger partial charge is 0.137 e. The van der Waals surface area contributed by atoms with Gasteiger partial charge in [0.25, 0.3) is 0 Å². The van der Waals surface area contributed by atoms with Gasteiger partial charge in [-0.05, 0) is 18.9 Å². The van der Waals surface area contributed by atoms with Crippen LogP contribution < -0.4 is 0 Å². The quantitative estimate of drug-likeness (QED) is 0.722. The van der Waals surface area contributed by atoms with Crippen LogP contribution >= 0.6 is 0 Å². The molecule has 1 aromatic rings. The second-order valence-electron chi connectivity index (χ2n) is 3.45. The maximum absolute atomic E-state index is 11.3. The van der Waals surface area contributed by atoms with Gasteiger partial charge >= 0.3 is 0 Å². The van der Waals surface area contributed by atoms with Crippen molar-refractivity contribution in [3.05, 3.63) is 35.4 Å². The Morgan fingerprint density at radius 3 is 1.88 bits per heavy atom. The first-order valence-electron chi connectivity index (χ1n) is 6.79. The van der Waals surface area contributed by atoms with Crippen molar-refractivity contribution in [2.75, 3.05) is 0 Å². The van der Waals surface area contributed by atoms with E-state index >= 15 is 0 Å². The maximum atomic E-state index is 11.3. The van der Waals surface area contributed by atoms with Gasteiger partial charge in [0.15, 0.2) is 0 Å². The Kier molecular flexibility index (Phi) is 13.9. The lowest BCUT2D eigenvalue weighted by Gasteiger charge is -2.00. The van der Waals surface area contributed by atoms with E-state index in [1.807, 2.05) is 46.8 Å².